The van der Waals surface area contributed by atoms with Crippen LogP contribution in [0.15, 0.2) is 30.6 Å². The summed E-state index contributed by atoms with van der Waals surface area (Å²) in [6.07, 6.45) is 2.87. The number of halogens is 1. The lowest BCUT2D eigenvalue weighted by Crippen LogP contribution is -2.55. The topological polar surface area (TPSA) is 96.5 Å². The van der Waals surface area contributed by atoms with E-state index in [0.717, 1.165) is 21.8 Å². The number of H-pyrrole nitrogens is 1. The van der Waals surface area contributed by atoms with Crippen molar-refractivity contribution in [1.82, 2.24) is 14.9 Å². The van der Waals surface area contributed by atoms with E-state index in [1.165, 1.54) is 4.90 Å². The van der Waals surface area contributed by atoms with Crippen molar-refractivity contribution in [3.05, 3.63) is 35.6 Å². The zero-order valence-electron chi connectivity index (χ0n) is 17.0. The van der Waals surface area contributed by atoms with Crippen molar-refractivity contribution in [2.45, 2.75) is 32.4 Å². The Morgan fingerprint density at radius 2 is 2.13 bits per heavy atom. The minimum Gasteiger partial charge on any atom is -0.444 e. The van der Waals surface area contributed by atoms with Crippen molar-refractivity contribution in [2.24, 2.45) is 0 Å². The van der Waals surface area contributed by atoms with Gasteiger partial charge in [-0.05, 0) is 39.0 Å². The smallest absolute Gasteiger partial charge is 0.411 e. The van der Waals surface area contributed by atoms with Crippen LogP contribution in [0.3, 0.4) is 0 Å². The van der Waals surface area contributed by atoms with Gasteiger partial charge in [-0.3, -0.25) is 14.7 Å². The summed E-state index contributed by atoms with van der Waals surface area (Å²) in [6, 6.07) is 4.58. The number of hydrogen-bond acceptors (Lipinski definition) is 5. The van der Waals surface area contributed by atoms with Gasteiger partial charge >= 0.3 is 6.09 Å². The number of morpholine rings is 1. The molecule has 1 saturated heterocycles. The number of aromatic amines is 1. The highest BCUT2D eigenvalue weighted by Crippen LogP contribution is 2.33. The second-order valence-electron chi connectivity index (χ2n) is 8.18. The van der Waals surface area contributed by atoms with Crippen LogP contribution in [-0.4, -0.2) is 58.3 Å². The van der Waals surface area contributed by atoms with Gasteiger partial charge in [0.25, 0.3) is 0 Å². The third-order valence-corrected chi connectivity index (χ3v) is 5.01. The van der Waals surface area contributed by atoms with Gasteiger partial charge < -0.3 is 19.8 Å². The Labute approximate surface area is 178 Å². The van der Waals surface area contributed by atoms with E-state index < -0.39 is 17.7 Å². The Balaban J connectivity index is 1.64. The second kappa shape index (κ2) is 7.77. The summed E-state index contributed by atoms with van der Waals surface area (Å²) in [4.78, 5) is 34.5. The van der Waals surface area contributed by atoms with Gasteiger partial charge in [0.2, 0.25) is 5.91 Å². The number of pyridine rings is 1. The van der Waals surface area contributed by atoms with E-state index in [1.807, 2.05) is 12.1 Å². The highest BCUT2D eigenvalue weighted by Gasteiger charge is 2.35. The van der Waals surface area contributed by atoms with Crippen molar-refractivity contribution in [3.8, 4) is 0 Å². The number of nitrogens with zero attached hydrogens (tertiary/aromatic N) is 2. The summed E-state index contributed by atoms with van der Waals surface area (Å²) >= 11 is 6.31. The molecule has 0 spiro atoms. The Morgan fingerprint density at radius 3 is 2.90 bits per heavy atom. The number of carbonyl (C=O) groups is 2. The van der Waals surface area contributed by atoms with E-state index in [1.54, 1.807) is 39.2 Å². The molecule has 1 aromatic carbocycles. The highest BCUT2D eigenvalue weighted by atomic mass is 35.5. The number of fused-ring (bicyclic) bond motifs is 3. The first kappa shape index (κ1) is 20.4. The molecule has 1 unspecified atom stereocenters. The SMILES string of the molecule is CC(C)(C)OC(=O)N1CCOCC1C(=O)Nc1cc(Cl)cc2c1[nH]c1cnccc12. The zero-order valence-corrected chi connectivity index (χ0v) is 17.7. The largest absolute Gasteiger partial charge is 0.444 e. The molecular weight excluding hydrogens is 408 g/mol. The number of hydrogen-bond donors (Lipinski definition) is 2. The van der Waals surface area contributed by atoms with E-state index in [4.69, 9.17) is 21.1 Å². The van der Waals surface area contributed by atoms with Crippen molar-refractivity contribution in [1.29, 1.82) is 0 Å². The quantitative estimate of drug-likeness (QED) is 0.641. The maximum Gasteiger partial charge on any atom is 0.411 e. The van der Waals surface area contributed by atoms with Gasteiger partial charge in [-0.25, -0.2) is 4.79 Å². The highest BCUT2D eigenvalue weighted by molar-refractivity contribution is 6.33. The summed E-state index contributed by atoms with van der Waals surface area (Å²) in [5.74, 6) is -0.374. The van der Waals surface area contributed by atoms with Crippen LogP contribution in [0, 0.1) is 0 Å². The van der Waals surface area contributed by atoms with Gasteiger partial charge in [0, 0.05) is 28.5 Å². The van der Waals surface area contributed by atoms with Crippen LogP contribution in [-0.2, 0) is 14.3 Å². The first-order chi connectivity index (χ1) is 14.2. The van der Waals surface area contributed by atoms with Crippen molar-refractivity contribution < 1.29 is 19.1 Å². The van der Waals surface area contributed by atoms with Gasteiger partial charge in [-0.15, -0.1) is 0 Å². The predicted molar refractivity (Wildman–Crippen MR) is 115 cm³/mol. The molecule has 1 aliphatic heterocycles. The van der Waals surface area contributed by atoms with E-state index in [2.05, 4.69) is 15.3 Å². The molecule has 2 aromatic heterocycles. The molecule has 0 bridgehead atoms. The van der Waals surface area contributed by atoms with Gasteiger partial charge in [-0.1, -0.05) is 11.6 Å². The number of aromatic nitrogens is 2. The van der Waals surface area contributed by atoms with Gasteiger partial charge in [0.15, 0.2) is 0 Å². The Morgan fingerprint density at radius 1 is 1.33 bits per heavy atom. The molecule has 1 fully saturated rings. The number of anilines is 1. The number of benzene rings is 1. The fourth-order valence-corrected chi connectivity index (χ4v) is 3.71. The lowest BCUT2D eigenvalue weighted by molar-refractivity contribution is -0.127. The molecule has 3 heterocycles. The van der Waals surface area contributed by atoms with E-state index >= 15 is 0 Å². The third kappa shape index (κ3) is 4.06. The van der Waals surface area contributed by atoms with Crippen LogP contribution in [0.2, 0.25) is 5.02 Å². The Kier molecular flexibility index (Phi) is 5.29. The van der Waals surface area contributed by atoms with Gasteiger partial charge in [-0.2, -0.15) is 0 Å². The number of ether oxygens (including phenoxy) is 2. The summed E-state index contributed by atoms with van der Waals surface area (Å²) < 4.78 is 10.9. The van der Waals surface area contributed by atoms with Crippen LogP contribution < -0.4 is 5.32 Å². The minimum absolute atomic E-state index is 0.0887. The van der Waals surface area contributed by atoms with E-state index in [-0.39, 0.29) is 19.1 Å². The number of nitrogens with one attached hydrogen (secondary N) is 2. The minimum atomic E-state index is -0.811. The molecule has 0 radical (unpaired) electrons. The van der Waals surface area contributed by atoms with Crippen LogP contribution in [0.1, 0.15) is 20.8 Å². The first-order valence-corrected chi connectivity index (χ1v) is 10.0. The molecule has 0 aliphatic carbocycles. The summed E-state index contributed by atoms with van der Waals surface area (Å²) in [7, 11) is 0. The monoisotopic (exact) mass is 430 g/mol. The second-order valence-corrected chi connectivity index (χ2v) is 8.61. The zero-order chi connectivity index (χ0) is 21.5. The fraction of sp³-hybridized carbons (Fsp3) is 0.381. The van der Waals surface area contributed by atoms with Crippen molar-refractivity contribution in [3.63, 3.8) is 0 Å². The maximum atomic E-state index is 13.1. The molecule has 9 heteroatoms. The van der Waals surface area contributed by atoms with Crippen molar-refractivity contribution >= 4 is 51.1 Å². The third-order valence-electron chi connectivity index (χ3n) is 4.79. The van der Waals surface area contributed by atoms with Crippen LogP contribution in [0.5, 0.6) is 0 Å². The molecule has 1 aliphatic rings. The Bertz CT molecular complexity index is 1120. The van der Waals surface area contributed by atoms with Crippen molar-refractivity contribution in [2.75, 3.05) is 25.1 Å². The molecule has 158 valence electrons. The molecule has 2 amide bonds. The van der Waals surface area contributed by atoms with Crippen LogP contribution >= 0.6 is 11.6 Å². The molecule has 3 aromatic rings. The predicted octanol–water partition coefficient (Wildman–Crippen LogP) is 3.94. The standard InChI is InChI=1S/C21H23ClN4O4/c1-21(2,3)30-20(28)26-6-7-29-11-17(26)19(27)25-15-9-12(22)8-14-13-4-5-23-10-16(13)24-18(14)15/h4-5,8-10,17,24H,6-7,11H2,1-3H3,(H,25,27). The number of rotatable bonds is 2. The van der Waals surface area contributed by atoms with Gasteiger partial charge in [0.05, 0.1) is 36.1 Å². The maximum absolute atomic E-state index is 13.1. The molecule has 1 atom stereocenters. The number of carbonyl (C=O) groups excluding carboxylic acids is 2. The normalized spacial score (nSPS) is 17.3. The molecule has 8 nitrogen and oxygen atoms in total. The molecule has 2 N–H and O–H groups in total. The number of amides is 2. The summed E-state index contributed by atoms with van der Waals surface area (Å²) in [5, 5.41) is 5.21. The van der Waals surface area contributed by atoms with Crippen LogP contribution in [0.4, 0.5) is 10.5 Å². The van der Waals surface area contributed by atoms with Crippen LogP contribution in [0.25, 0.3) is 21.8 Å². The van der Waals surface area contributed by atoms with Gasteiger partial charge in [0.1, 0.15) is 11.6 Å². The molecular formula is C21H23ClN4O4. The Hall–Kier alpha value is -2.84. The molecule has 4 rings (SSSR count). The molecule has 30 heavy (non-hydrogen) atoms. The average Bonchev–Trinajstić information content (AvgIpc) is 3.05. The first-order valence-electron chi connectivity index (χ1n) is 9.66. The average molecular weight is 431 g/mol. The fourth-order valence-electron chi connectivity index (χ4n) is 3.49. The summed E-state index contributed by atoms with van der Waals surface area (Å²) in [5.41, 5.74) is 1.43. The molecule has 0 saturated carbocycles. The lowest BCUT2D eigenvalue weighted by Gasteiger charge is -2.35. The summed E-state index contributed by atoms with van der Waals surface area (Å²) in [6.45, 7) is 6.07. The van der Waals surface area contributed by atoms with E-state index in [0.29, 0.717) is 17.3 Å². The van der Waals surface area contributed by atoms with E-state index in [9.17, 15) is 9.59 Å². The lowest BCUT2D eigenvalue weighted by atomic mass is 10.1.